The van der Waals surface area contributed by atoms with Gasteiger partial charge in [-0.2, -0.15) is 0 Å². The van der Waals surface area contributed by atoms with E-state index in [1.807, 2.05) is 13.8 Å². The molecule has 2 rings (SSSR count). The van der Waals surface area contributed by atoms with Gasteiger partial charge in [0.15, 0.2) is 0 Å². The molecule has 2 N–H and O–H groups in total. The summed E-state index contributed by atoms with van der Waals surface area (Å²) in [6.45, 7) is 5.33. The monoisotopic (exact) mass is 306 g/mol. The first-order valence-corrected chi connectivity index (χ1v) is 7.07. The summed E-state index contributed by atoms with van der Waals surface area (Å²) in [5, 5.41) is 15.7. The standard InChI is InChI=1S/C15H19FN4O2/c1-9(2)14-18-13(15(22)17-10(3)8-21)19-20(14)12-6-4-5-11(16)7-12/h4-7,9-10,21H,8H2,1-3H3,(H,17,22). The fourth-order valence-electron chi connectivity index (χ4n) is 1.93. The number of rotatable bonds is 5. The van der Waals surface area contributed by atoms with Crippen LogP contribution in [-0.4, -0.2) is 38.4 Å². The Morgan fingerprint density at radius 2 is 2.14 bits per heavy atom. The molecule has 118 valence electrons. The van der Waals surface area contributed by atoms with Crippen molar-refractivity contribution in [2.24, 2.45) is 0 Å². The molecule has 0 bridgehead atoms. The van der Waals surface area contributed by atoms with Crippen molar-refractivity contribution in [2.45, 2.75) is 32.7 Å². The van der Waals surface area contributed by atoms with Crippen LogP contribution in [0.1, 0.15) is 43.1 Å². The van der Waals surface area contributed by atoms with Crippen LogP contribution in [0.4, 0.5) is 4.39 Å². The molecule has 0 aliphatic rings. The summed E-state index contributed by atoms with van der Waals surface area (Å²) < 4.78 is 14.9. The van der Waals surface area contributed by atoms with Gasteiger partial charge in [-0.05, 0) is 25.1 Å². The molecular weight excluding hydrogens is 287 g/mol. The van der Waals surface area contributed by atoms with Crippen molar-refractivity contribution in [2.75, 3.05) is 6.61 Å². The van der Waals surface area contributed by atoms with Gasteiger partial charge in [0.25, 0.3) is 5.91 Å². The van der Waals surface area contributed by atoms with Crippen molar-refractivity contribution in [1.29, 1.82) is 0 Å². The number of aliphatic hydroxyl groups excluding tert-OH is 1. The van der Waals surface area contributed by atoms with Gasteiger partial charge < -0.3 is 10.4 Å². The van der Waals surface area contributed by atoms with Gasteiger partial charge in [0.1, 0.15) is 11.6 Å². The molecule has 0 fully saturated rings. The van der Waals surface area contributed by atoms with Crippen LogP contribution >= 0.6 is 0 Å². The minimum atomic E-state index is -0.474. The van der Waals surface area contributed by atoms with Crippen molar-refractivity contribution < 1.29 is 14.3 Å². The maximum Gasteiger partial charge on any atom is 0.291 e. The Balaban J connectivity index is 2.40. The van der Waals surface area contributed by atoms with Crippen LogP contribution in [0.5, 0.6) is 0 Å². The van der Waals surface area contributed by atoms with Crippen LogP contribution in [-0.2, 0) is 0 Å². The second-order valence-electron chi connectivity index (χ2n) is 5.40. The topological polar surface area (TPSA) is 80.0 Å². The molecule has 0 aliphatic heterocycles. The highest BCUT2D eigenvalue weighted by Gasteiger charge is 2.20. The minimum absolute atomic E-state index is 0.00624. The zero-order valence-electron chi connectivity index (χ0n) is 12.7. The molecule has 22 heavy (non-hydrogen) atoms. The predicted molar refractivity (Wildman–Crippen MR) is 79.4 cm³/mol. The summed E-state index contributed by atoms with van der Waals surface area (Å²) in [6, 6.07) is 5.55. The van der Waals surface area contributed by atoms with E-state index in [-0.39, 0.29) is 24.2 Å². The van der Waals surface area contributed by atoms with Crippen LogP contribution < -0.4 is 5.32 Å². The molecule has 1 aromatic carbocycles. The molecule has 1 unspecified atom stereocenters. The molecule has 1 heterocycles. The first kappa shape index (κ1) is 16.1. The third-order valence-corrected chi connectivity index (χ3v) is 3.06. The van der Waals surface area contributed by atoms with Crippen molar-refractivity contribution in [3.05, 3.63) is 41.7 Å². The van der Waals surface area contributed by atoms with Crippen LogP contribution in [0.3, 0.4) is 0 Å². The second kappa shape index (κ2) is 6.65. The molecule has 0 saturated heterocycles. The number of aromatic nitrogens is 3. The van der Waals surface area contributed by atoms with Gasteiger partial charge in [-0.25, -0.2) is 14.1 Å². The van der Waals surface area contributed by atoms with E-state index in [2.05, 4.69) is 15.4 Å². The SMILES string of the molecule is CC(CO)NC(=O)c1nc(C(C)C)n(-c2cccc(F)c2)n1. The highest BCUT2D eigenvalue weighted by atomic mass is 19.1. The smallest absolute Gasteiger partial charge is 0.291 e. The first-order valence-electron chi connectivity index (χ1n) is 7.07. The molecule has 0 saturated carbocycles. The van der Waals surface area contributed by atoms with E-state index < -0.39 is 11.9 Å². The first-order chi connectivity index (χ1) is 10.4. The number of carbonyl (C=O) groups is 1. The Bertz CT molecular complexity index is 669. The maximum atomic E-state index is 13.4. The summed E-state index contributed by atoms with van der Waals surface area (Å²) in [5.74, 6) is -0.297. The number of nitrogens with one attached hydrogen (secondary N) is 1. The second-order valence-corrected chi connectivity index (χ2v) is 5.40. The van der Waals surface area contributed by atoms with Gasteiger partial charge in [0, 0.05) is 12.0 Å². The molecule has 0 radical (unpaired) electrons. The Kier molecular flexibility index (Phi) is 4.87. The molecule has 7 heteroatoms. The van der Waals surface area contributed by atoms with Gasteiger partial charge in [-0.3, -0.25) is 4.79 Å². The number of aliphatic hydroxyl groups is 1. The molecule has 1 atom stereocenters. The van der Waals surface area contributed by atoms with E-state index >= 15 is 0 Å². The fourth-order valence-corrected chi connectivity index (χ4v) is 1.93. The maximum absolute atomic E-state index is 13.4. The Morgan fingerprint density at radius 1 is 1.41 bits per heavy atom. The number of amides is 1. The van der Waals surface area contributed by atoms with Crippen molar-refractivity contribution in [1.82, 2.24) is 20.1 Å². The van der Waals surface area contributed by atoms with Gasteiger partial charge >= 0.3 is 0 Å². The summed E-state index contributed by atoms with van der Waals surface area (Å²) in [6.07, 6.45) is 0. The zero-order chi connectivity index (χ0) is 16.3. The van der Waals surface area contributed by atoms with Gasteiger partial charge in [-0.15, -0.1) is 5.10 Å². The van der Waals surface area contributed by atoms with Crippen LogP contribution in [0.25, 0.3) is 5.69 Å². The van der Waals surface area contributed by atoms with E-state index in [9.17, 15) is 9.18 Å². The number of halogens is 1. The lowest BCUT2D eigenvalue weighted by molar-refractivity contribution is 0.0912. The molecular formula is C15H19FN4O2. The Hall–Kier alpha value is -2.28. The minimum Gasteiger partial charge on any atom is -0.394 e. The summed E-state index contributed by atoms with van der Waals surface area (Å²) in [7, 11) is 0. The molecule has 6 nitrogen and oxygen atoms in total. The number of benzene rings is 1. The van der Waals surface area contributed by atoms with Crippen LogP contribution in [0.15, 0.2) is 24.3 Å². The lowest BCUT2D eigenvalue weighted by Gasteiger charge is -2.08. The van der Waals surface area contributed by atoms with Crippen molar-refractivity contribution in [3.63, 3.8) is 0 Å². The number of carbonyl (C=O) groups excluding carboxylic acids is 1. The molecule has 0 aliphatic carbocycles. The van der Waals surface area contributed by atoms with Gasteiger partial charge in [-0.1, -0.05) is 19.9 Å². The van der Waals surface area contributed by atoms with Crippen LogP contribution in [0, 0.1) is 5.82 Å². The zero-order valence-corrected chi connectivity index (χ0v) is 12.7. The Morgan fingerprint density at radius 3 is 2.73 bits per heavy atom. The molecule has 0 spiro atoms. The van der Waals surface area contributed by atoms with Crippen LogP contribution in [0.2, 0.25) is 0 Å². The molecule has 2 aromatic rings. The Labute approximate surface area is 128 Å². The largest absolute Gasteiger partial charge is 0.394 e. The lowest BCUT2D eigenvalue weighted by Crippen LogP contribution is -2.35. The number of hydrogen-bond acceptors (Lipinski definition) is 4. The predicted octanol–water partition coefficient (Wildman–Crippen LogP) is 1.64. The van der Waals surface area contributed by atoms with Crippen molar-refractivity contribution >= 4 is 5.91 Å². The number of nitrogens with zero attached hydrogens (tertiary/aromatic N) is 3. The summed E-state index contributed by atoms with van der Waals surface area (Å²) in [4.78, 5) is 16.3. The highest BCUT2D eigenvalue weighted by molar-refractivity contribution is 5.90. The average Bonchev–Trinajstić information content (AvgIpc) is 2.92. The van der Waals surface area contributed by atoms with E-state index in [1.54, 1.807) is 19.1 Å². The third kappa shape index (κ3) is 3.48. The quantitative estimate of drug-likeness (QED) is 0.880. The lowest BCUT2D eigenvalue weighted by atomic mass is 10.2. The summed E-state index contributed by atoms with van der Waals surface area (Å²) >= 11 is 0. The highest BCUT2D eigenvalue weighted by Crippen LogP contribution is 2.18. The van der Waals surface area contributed by atoms with E-state index in [1.165, 1.54) is 16.8 Å². The average molecular weight is 306 g/mol. The van der Waals surface area contributed by atoms with Crippen molar-refractivity contribution in [3.8, 4) is 5.69 Å². The van der Waals surface area contributed by atoms with Gasteiger partial charge in [0.05, 0.1) is 12.3 Å². The molecule has 1 amide bonds. The van der Waals surface area contributed by atoms with E-state index in [4.69, 9.17) is 5.11 Å². The normalized spacial score (nSPS) is 12.5. The summed E-state index contributed by atoms with van der Waals surface area (Å²) in [5.41, 5.74) is 0.505. The fraction of sp³-hybridized carbons (Fsp3) is 0.400. The number of hydrogen-bond donors (Lipinski definition) is 2. The molecule has 1 aromatic heterocycles. The third-order valence-electron chi connectivity index (χ3n) is 3.06. The van der Waals surface area contributed by atoms with Gasteiger partial charge in [0.2, 0.25) is 5.82 Å². The van der Waals surface area contributed by atoms with E-state index in [0.29, 0.717) is 11.5 Å². The van der Waals surface area contributed by atoms with E-state index in [0.717, 1.165) is 0 Å².